The number of hydrogen-bond donors (Lipinski definition) is 2. The Morgan fingerprint density at radius 3 is 2.51 bits per heavy atom. The zero-order valence-corrected chi connectivity index (χ0v) is 20.0. The van der Waals surface area contributed by atoms with Gasteiger partial charge in [-0.1, -0.05) is 35.9 Å². The Hall–Kier alpha value is -4.09. The molecule has 0 fully saturated rings. The van der Waals surface area contributed by atoms with Crippen LogP contribution in [0.2, 0.25) is 5.02 Å². The number of phenolic OH excluding ortho intramolecular Hbond substituents is 2. The molecule has 4 aromatic carbocycles. The summed E-state index contributed by atoms with van der Waals surface area (Å²) in [5, 5.41) is 21.6. The first-order valence-electron chi connectivity index (χ1n) is 11.2. The first-order valence-corrected chi connectivity index (χ1v) is 11.6. The third-order valence-corrected chi connectivity index (χ3v) is 6.38. The summed E-state index contributed by atoms with van der Waals surface area (Å²) in [6, 6.07) is 22.0. The molecule has 0 bridgehead atoms. The highest BCUT2D eigenvalue weighted by molar-refractivity contribution is 6.31. The maximum Gasteiger partial charge on any atom is 0.231 e. The summed E-state index contributed by atoms with van der Waals surface area (Å²) in [7, 11) is 0. The zero-order valence-electron chi connectivity index (χ0n) is 19.3. The van der Waals surface area contributed by atoms with Crippen molar-refractivity contribution in [3.63, 3.8) is 0 Å². The molecular weight excluding hydrogens is 460 g/mol. The maximum atomic E-state index is 10.6. The third-order valence-electron chi connectivity index (χ3n) is 6.01. The largest absolute Gasteiger partial charge is 0.507 e. The third kappa shape index (κ3) is 4.77. The van der Waals surface area contributed by atoms with Crippen molar-refractivity contribution in [1.82, 2.24) is 4.98 Å². The van der Waals surface area contributed by atoms with Crippen molar-refractivity contribution in [2.45, 2.75) is 20.3 Å². The van der Waals surface area contributed by atoms with Crippen LogP contribution in [0.5, 0.6) is 11.5 Å². The molecule has 6 heteroatoms. The van der Waals surface area contributed by atoms with Gasteiger partial charge in [-0.3, -0.25) is 4.99 Å². The number of aromatic hydroxyl groups is 2. The summed E-state index contributed by atoms with van der Waals surface area (Å²) >= 11 is 6.28. The summed E-state index contributed by atoms with van der Waals surface area (Å²) in [6.07, 6.45) is 2.21. The van der Waals surface area contributed by atoms with E-state index in [1.54, 1.807) is 30.5 Å². The van der Waals surface area contributed by atoms with Gasteiger partial charge in [0.2, 0.25) is 5.89 Å². The van der Waals surface area contributed by atoms with E-state index in [1.807, 2.05) is 62.4 Å². The lowest BCUT2D eigenvalue weighted by Gasteiger charge is -2.07. The monoisotopic (exact) mass is 482 g/mol. The molecule has 0 atom stereocenters. The van der Waals surface area contributed by atoms with Gasteiger partial charge in [0.15, 0.2) is 5.58 Å². The van der Waals surface area contributed by atoms with Gasteiger partial charge in [0.05, 0.1) is 11.3 Å². The molecule has 35 heavy (non-hydrogen) atoms. The fourth-order valence-corrected chi connectivity index (χ4v) is 4.10. The van der Waals surface area contributed by atoms with E-state index < -0.39 is 0 Å². The van der Waals surface area contributed by atoms with Crippen LogP contribution in [0.15, 0.2) is 82.2 Å². The molecule has 1 aromatic heterocycles. The van der Waals surface area contributed by atoms with Crippen LogP contribution in [0.4, 0.5) is 5.69 Å². The molecule has 0 aliphatic heterocycles. The van der Waals surface area contributed by atoms with Crippen LogP contribution in [-0.2, 0) is 6.42 Å². The predicted molar refractivity (Wildman–Crippen MR) is 140 cm³/mol. The van der Waals surface area contributed by atoms with Gasteiger partial charge in [0.25, 0.3) is 0 Å². The smallest absolute Gasteiger partial charge is 0.231 e. The highest BCUT2D eigenvalue weighted by Gasteiger charge is 2.14. The fraction of sp³-hybridized carbons (Fsp3) is 0.103. The number of aliphatic imine (C=N–C) groups is 1. The maximum absolute atomic E-state index is 10.6. The molecule has 1 heterocycles. The Kier molecular flexibility index (Phi) is 6.01. The second kappa shape index (κ2) is 9.28. The standard InChI is InChI=1S/C29H23ClN2O3/c1-17-11-25-28(12-18(17)2)35-29(32-25)23-9-8-22(15-27(23)34)31-16-21-14-19(7-10-26(21)33)13-20-5-3-4-6-24(20)30/h3-12,14-16,33-34H,13H2,1-2H3. The van der Waals surface area contributed by atoms with Crippen LogP contribution in [0.3, 0.4) is 0 Å². The molecule has 174 valence electrons. The Balaban J connectivity index is 1.39. The van der Waals surface area contributed by atoms with Crippen LogP contribution < -0.4 is 0 Å². The first-order chi connectivity index (χ1) is 16.9. The molecule has 2 N–H and O–H groups in total. The minimum atomic E-state index is 0.0105. The molecule has 0 saturated carbocycles. The molecule has 5 aromatic rings. The van der Waals surface area contributed by atoms with E-state index in [-0.39, 0.29) is 11.5 Å². The minimum Gasteiger partial charge on any atom is -0.507 e. The topological polar surface area (TPSA) is 78.9 Å². The number of phenols is 2. The number of oxazole rings is 1. The van der Waals surface area contributed by atoms with Crippen LogP contribution in [0.1, 0.15) is 27.8 Å². The molecule has 0 unspecified atom stereocenters. The van der Waals surface area contributed by atoms with Crippen molar-refractivity contribution >= 4 is 34.6 Å². The van der Waals surface area contributed by atoms with Gasteiger partial charge in [-0.15, -0.1) is 0 Å². The molecular formula is C29H23ClN2O3. The molecule has 5 nitrogen and oxygen atoms in total. The van der Waals surface area contributed by atoms with Crippen LogP contribution in [0, 0.1) is 13.8 Å². The molecule has 0 radical (unpaired) electrons. The Morgan fingerprint density at radius 1 is 0.914 bits per heavy atom. The summed E-state index contributed by atoms with van der Waals surface area (Å²) < 4.78 is 5.87. The number of rotatable bonds is 5. The molecule has 0 saturated heterocycles. The SMILES string of the molecule is Cc1cc2nc(-c3ccc(N=Cc4cc(Cc5ccccc5Cl)ccc4O)cc3O)oc2cc1C. The number of halogens is 1. The average molecular weight is 483 g/mol. The number of aromatic nitrogens is 1. The van der Waals surface area contributed by atoms with Crippen molar-refractivity contribution in [1.29, 1.82) is 0 Å². The van der Waals surface area contributed by atoms with Gasteiger partial charge in [-0.2, -0.15) is 0 Å². The predicted octanol–water partition coefficient (Wildman–Crippen LogP) is 7.52. The first kappa shape index (κ1) is 22.7. The van der Waals surface area contributed by atoms with Crippen molar-refractivity contribution in [2.75, 3.05) is 0 Å². The van der Waals surface area contributed by atoms with E-state index in [2.05, 4.69) is 9.98 Å². The Morgan fingerprint density at radius 2 is 1.71 bits per heavy atom. The lowest BCUT2D eigenvalue weighted by molar-refractivity contribution is 0.474. The van der Waals surface area contributed by atoms with Gasteiger partial charge < -0.3 is 14.6 Å². The highest BCUT2D eigenvalue weighted by atomic mass is 35.5. The van der Waals surface area contributed by atoms with Crippen molar-refractivity contribution in [3.8, 4) is 23.0 Å². The van der Waals surface area contributed by atoms with Crippen molar-refractivity contribution in [2.24, 2.45) is 4.99 Å². The van der Waals surface area contributed by atoms with Gasteiger partial charge in [-0.05, 0) is 85.0 Å². The molecule has 0 amide bonds. The Bertz CT molecular complexity index is 1550. The minimum absolute atomic E-state index is 0.0105. The van der Waals surface area contributed by atoms with Gasteiger partial charge >= 0.3 is 0 Å². The Labute approximate surface area is 208 Å². The van der Waals surface area contributed by atoms with Crippen molar-refractivity contribution in [3.05, 3.63) is 106 Å². The van der Waals surface area contributed by atoms with E-state index in [9.17, 15) is 10.2 Å². The fourth-order valence-electron chi connectivity index (χ4n) is 3.90. The summed E-state index contributed by atoms with van der Waals surface area (Å²) in [5.74, 6) is 0.480. The zero-order chi connectivity index (χ0) is 24.5. The van der Waals surface area contributed by atoms with E-state index in [0.717, 1.165) is 27.8 Å². The average Bonchev–Trinajstić information content (AvgIpc) is 3.23. The molecule has 0 aliphatic carbocycles. The highest BCUT2D eigenvalue weighted by Crippen LogP contribution is 2.34. The second-order valence-corrected chi connectivity index (χ2v) is 8.95. The van der Waals surface area contributed by atoms with Crippen molar-refractivity contribution < 1.29 is 14.6 Å². The number of fused-ring (bicyclic) bond motifs is 1. The van der Waals surface area contributed by atoms with Crippen LogP contribution in [-0.4, -0.2) is 21.4 Å². The van der Waals surface area contributed by atoms with E-state index in [0.29, 0.717) is 39.7 Å². The number of aryl methyl sites for hydroxylation is 2. The van der Waals surface area contributed by atoms with Crippen LogP contribution in [0.25, 0.3) is 22.6 Å². The summed E-state index contributed by atoms with van der Waals surface area (Å²) in [4.78, 5) is 8.97. The van der Waals surface area contributed by atoms with Crippen LogP contribution >= 0.6 is 11.6 Å². The lowest BCUT2D eigenvalue weighted by atomic mass is 10.0. The number of hydrogen-bond acceptors (Lipinski definition) is 5. The molecule has 5 rings (SSSR count). The van der Waals surface area contributed by atoms with Gasteiger partial charge in [0, 0.05) is 22.9 Å². The van der Waals surface area contributed by atoms with Gasteiger partial charge in [-0.25, -0.2) is 4.98 Å². The normalized spacial score (nSPS) is 11.5. The lowest BCUT2D eigenvalue weighted by Crippen LogP contribution is -1.92. The summed E-state index contributed by atoms with van der Waals surface area (Å²) in [6.45, 7) is 4.04. The molecule has 0 spiro atoms. The quantitative estimate of drug-likeness (QED) is 0.254. The number of nitrogens with zero attached hydrogens (tertiary/aromatic N) is 2. The van der Waals surface area contributed by atoms with Gasteiger partial charge in [0.1, 0.15) is 17.0 Å². The molecule has 0 aliphatic rings. The number of benzene rings is 4. The second-order valence-electron chi connectivity index (χ2n) is 8.54. The van der Waals surface area contributed by atoms with E-state index in [1.165, 1.54) is 0 Å². The summed E-state index contributed by atoms with van der Waals surface area (Å²) in [5.41, 5.74) is 7.27. The van der Waals surface area contributed by atoms with E-state index >= 15 is 0 Å². The van der Waals surface area contributed by atoms with E-state index in [4.69, 9.17) is 16.0 Å².